The van der Waals surface area contributed by atoms with Crippen LogP contribution in [0.2, 0.25) is 0 Å². The summed E-state index contributed by atoms with van der Waals surface area (Å²) in [5.74, 6) is -2.76. The van der Waals surface area contributed by atoms with Crippen LogP contribution >= 0.6 is 0 Å². The number of hydrogen-bond donors (Lipinski definition) is 1. The molecule has 0 aliphatic carbocycles. The van der Waals surface area contributed by atoms with Crippen LogP contribution < -0.4 is 9.80 Å². The van der Waals surface area contributed by atoms with Crippen molar-refractivity contribution in [2.24, 2.45) is 5.41 Å². The summed E-state index contributed by atoms with van der Waals surface area (Å²) < 4.78 is 10.6. The number of carbonyl (C=O) groups is 4. The van der Waals surface area contributed by atoms with Crippen molar-refractivity contribution < 1.29 is 33.8 Å². The van der Waals surface area contributed by atoms with Crippen LogP contribution in [-0.2, 0) is 35.1 Å². The van der Waals surface area contributed by atoms with Gasteiger partial charge in [-0.25, -0.2) is 4.79 Å². The molecule has 0 unspecified atom stereocenters. The lowest BCUT2D eigenvalue weighted by molar-refractivity contribution is -0.179. The molecule has 0 saturated carbocycles. The first-order chi connectivity index (χ1) is 14.5. The van der Waals surface area contributed by atoms with Crippen LogP contribution in [0, 0.1) is 5.41 Å². The Labute approximate surface area is 180 Å². The van der Waals surface area contributed by atoms with E-state index in [-0.39, 0.29) is 25.5 Å². The summed E-state index contributed by atoms with van der Waals surface area (Å²) in [6.45, 7) is 5.78. The molecule has 9 nitrogen and oxygen atoms in total. The van der Waals surface area contributed by atoms with Gasteiger partial charge in [-0.05, 0) is 29.5 Å². The maximum absolute atomic E-state index is 13.1. The van der Waals surface area contributed by atoms with Gasteiger partial charge in [0.1, 0.15) is 0 Å². The predicted molar refractivity (Wildman–Crippen MR) is 112 cm³/mol. The minimum absolute atomic E-state index is 0.00654. The normalized spacial score (nSPS) is 20.3. The number of rotatable bonds is 5. The summed E-state index contributed by atoms with van der Waals surface area (Å²) in [6.07, 6.45) is -2.13. The van der Waals surface area contributed by atoms with E-state index in [2.05, 4.69) is 0 Å². The summed E-state index contributed by atoms with van der Waals surface area (Å²) >= 11 is 0. The van der Waals surface area contributed by atoms with Gasteiger partial charge in [0.2, 0.25) is 12.0 Å². The number of aryl methyl sites for hydroxylation is 1. The molecule has 1 fully saturated rings. The molecule has 2 aliphatic rings. The number of carboxylic acid groups (broad SMARTS) is 1. The number of morpholine rings is 1. The first-order valence-corrected chi connectivity index (χ1v) is 10.2. The van der Waals surface area contributed by atoms with E-state index >= 15 is 0 Å². The molecule has 3 rings (SSSR count). The third kappa shape index (κ3) is 5.04. The molecular weight excluding hydrogens is 404 g/mol. The largest absolute Gasteiger partial charge is 0.478 e. The second kappa shape index (κ2) is 8.66. The molecule has 1 saturated heterocycles. The lowest BCUT2D eigenvalue weighted by atomic mass is 9.92. The molecule has 2 aliphatic heterocycles. The summed E-state index contributed by atoms with van der Waals surface area (Å²) in [5, 5.41) is 9.60. The zero-order valence-corrected chi connectivity index (χ0v) is 18.2. The smallest absolute Gasteiger partial charge is 0.348 e. The average molecular weight is 432 g/mol. The molecule has 2 heterocycles. The summed E-state index contributed by atoms with van der Waals surface area (Å²) in [6, 6.07) is 5.38. The Balaban J connectivity index is 1.82. The van der Waals surface area contributed by atoms with Crippen molar-refractivity contribution in [3.8, 4) is 0 Å². The Bertz CT molecular complexity index is 906. The molecule has 0 aromatic heterocycles. The standard InChI is InChI=1S/C22H28N2O7/c1-22(2,3)12-17(26)31-19(21(28)29)18-20(27)24(9-10-30-18)14-7-5-13-6-8-16(25)23(4)15(13)11-14/h5,7,11,18-19H,6,8-10,12H2,1-4H3,(H,28,29)/t18-,19-/m1/s1. The molecule has 168 valence electrons. The predicted octanol–water partition coefficient (Wildman–Crippen LogP) is 1.76. The van der Waals surface area contributed by atoms with Crippen molar-refractivity contribution in [2.75, 3.05) is 30.0 Å². The van der Waals surface area contributed by atoms with Crippen LogP contribution in [0.1, 0.15) is 39.2 Å². The van der Waals surface area contributed by atoms with Crippen LogP contribution in [0.5, 0.6) is 0 Å². The molecule has 1 aromatic rings. The third-order valence-electron chi connectivity index (χ3n) is 5.30. The molecule has 0 spiro atoms. The fourth-order valence-electron chi connectivity index (χ4n) is 3.72. The quantitative estimate of drug-likeness (QED) is 0.705. The van der Waals surface area contributed by atoms with Gasteiger partial charge >= 0.3 is 11.9 Å². The third-order valence-corrected chi connectivity index (χ3v) is 5.30. The van der Waals surface area contributed by atoms with Crippen molar-refractivity contribution >= 4 is 35.1 Å². The lowest BCUT2D eigenvalue weighted by Gasteiger charge is -2.35. The molecule has 1 aromatic carbocycles. The molecule has 2 atom stereocenters. The SMILES string of the molecule is CN1C(=O)CCc2ccc(N3CCO[C@H]([C@@H](OC(=O)CC(C)(C)C)C(=O)O)C3=O)cc21. The highest BCUT2D eigenvalue weighted by Gasteiger charge is 2.43. The number of ether oxygens (including phenoxy) is 2. The molecule has 0 radical (unpaired) electrons. The van der Waals surface area contributed by atoms with Crippen molar-refractivity contribution in [3.05, 3.63) is 23.8 Å². The van der Waals surface area contributed by atoms with E-state index in [1.807, 2.05) is 26.8 Å². The van der Waals surface area contributed by atoms with Crippen LogP contribution in [0.25, 0.3) is 0 Å². The van der Waals surface area contributed by atoms with E-state index in [0.29, 0.717) is 18.5 Å². The number of benzene rings is 1. The molecular formula is C22H28N2O7. The Morgan fingerprint density at radius 3 is 2.61 bits per heavy atom. The number of fused-ring (bicyclic) bond motifs is 1. The highest BCUT2D eigenvalue weighted by atomic mass is 16.6. The average Bonchev–Trinajstić information content (AvgIpc) is 2.68. The van der Waals surface area contributed by atoms with Crippen molar-refractivity contribution in [2.45, 2.75) is 52.2 Å². The van der Waals surface area contributed by atoms with E-state index in [1.165, 1.54) is 4.90 Å². The van der Waals surface area contributed by atoms with Gasteiger partial charge < -0.3 is 24.4 Å². The second-order valence-electron chi connectivity index (χ2n) is 9.03. The molecule has 9 heteroatoms. The number of aliphatic carboxylic acids is 1. The van der Waals surface area contributed by atoms with Crippen LogP contribution in [0.15, 0.2) is 18.2 Å². The minimum atomic E-state index is -1.74. The van der Waals surface area contributed by atoms with E-state index in [0.717, 1.165) is 11.3 Å². The highest BCUT2D eigenvalue weighted by molar-refractivity contribution is 6.02. The van der Waals surface area contributed by atoms with Gasteiger partial charge in [-0.2, -0.15) is 0 Å². The monoisotopic (exact) mass is 432 g/mol. The Hall–Kier alpha value is -2.94. The number of carboxylic acids is 1. The van der Waals surface area contributed by atoms with Crippen molar-refractivity contribution in [1.29, 1.82) is 0 Å². The topological polar surface area (TPSA) is 113 Å². The number of amides is 2. The second-order valence-corrected chi connectivity index (χ2v) is 9.03. The van der Waals surface area contributed by atoms with Gasteiger partial charge in [-0.1, -0.05) is 26.8 Å². The van der Waals surface area contributed by atoms with Crippen LogP contribution in [0.3, 0.4) is 0 Å². The van der Waals surface area contributed by atoms with Crippen molar-refractivity contribution in [3.63, 3.8) is 0 Å². The minimum Gasteiger partial charge on any atom is -0.478 e. The Morgan fingerprint density at radius 1 is 1.26 bits per heavy atom. The summed E-state index contributed by atoms with van der Waals surface area (Å²) in [7, 11) is 1.68. The summed E-state index contributed by atoms with van der Waals surface area (Å²) in [4.78, 5) is 52.1. The summed E-state index contributed by atoms with van der Waals surface area (Å²) in [5.41, 5.74) is 1.86. The zero-order chi connectivity index (χ0) is 22.9. The van der Waals surface area contributed by atoms with Gasteiger partial charge in [0.25, 0.3) is 5.91 Å². The van der Waals surface area contributed by atoms with E-state index in [9.17, 15) is 24.3 Å². The maximum atomic E-state index is 13.1. The molecule has 2 amide bonds. The van der Waals surface area contributed by atoms with Gasteiger partial charge in [0.15, 0.2) is 6.10 Å². The van der Waals surface area contributed by atoms with E-state index < -0.39 is 35.5 Å². The number of esters is 1. The molecule has 0 bridgehead atoms. The molecule has 31 heavy (non-hydrogen) atoms. The molecule has 1 N–H and O–H groups in total. The Kier molecular flexibility index (Phi) is 6.35. The maximum Gasteiger partial charge on any atom is 0.348 e. The van der Waals surface area contributed by atoms with Gasteiger partial charge in [-0.3, -0.25) is 14.4 Å². The van der Waals surface area contributed by atoms with Crippen LogP contribution in [-0.4, -0.2) is 61.3 Å². The highest BCUT2D eigenvalue weighted by Crippen LogP contribution is 2.32. The van der Waals surface area contributed by atoms with Gasteiger partial charge in [-0.15, -0.1) is 0 Å². The lowest BCUT2D eigenvalue weighted by Crippen LogP contribution is -2.55. The number of carbonyl (C=O) groups excluding carboxylic acids is 3. The fraction of sp³-hybridized carbons (Fsp3) is 0.545. The number of hydrogen-bond acceptors (Lipinski definition) is 6. The first kappa shape index (κ1) is 22.7. The van der Waals surface area contributed by atoms with E-state index in [1.54, 1.807) is 24.1 Å². The van der Waals surface area contributed by atoms with E-state index in [4.69, 9.17) is 9.47 Å². The number of anilines is 2. The Morgan fingerprint density at radius 2 is 1.97 bits per heavy atom. The fourth-order valence-corrected chi connectivity index (χ4v) is 3.72. The first-order valence-electron chi connectivity index (χ1n) is 10.2. The van der Waals surface area contributed by atoms with Gasteiger partial charge in [0, 0.05) is 31.4 Å². The van der Waals surface area contributed by atoms with Crippen LogP contribution in [0.4, 0.5) is 11.4 Å². The zero-order valence-electron chi connectivity index (χ0n) is 18.2. The number of nitrogens with zero attached hydrogens (tertiary/aromatic N) is 2. The van der Waals surface area contributed by atoms with Crippen molar-refractivity contribution in [1.82, 2.24) is 0 Å². The van der Waals surface area contributed by atoms with Gasteiger partial charge in [0.05, 0.1) is 13.0 Å².